The molecule has 1 unspecified atom stereocenters. The molecule has 0 aliphatic heterocycles. The minimum Gasteiger partial charge on any atom is -0.411 e. The molecule has 1 atom stereocenters. The number of hydrogen-bond donors (Lipinski definition) is 1. The number of ether oxygens (including phenoxy) is 1. The first-order valence-corrected chi connectivity index (χ1v) is 5.66. The van der Waals surface area contributed by atoms with Gasteiger partial charge in [0.05, 0.1) is 11.8 Å². The summed E-state index contributed by atoms with van der Waals surface area (Å²) in [5.74, 6) is 0. The molecule has 3 heteroatoms. The van der Waals surface area contributed by atoms with E-state index in [0.717, 1.165) is 31.6 Å². The maximum absolute atomic E-state index is 8.92. The van der Waals surface area contributed by atoms with Gasteiger partial charge in [-0.05, 0) is 19.8 Å². The van der Waals surface area contributed by atoms with Gasteiger partial charge in [0.2, 0.25) is 0 Å². The number of hydrogen-bond acceptors (Lipinski definition) is 3. The van der Waals surface area contributed by atoms with Gasteiger partial charge in [0, 0.05) is 18.4 Å². The summed E-state index contributed by atoms with van der Waals surface area (Å²) in [5.41, 5.74) is 1.10. The van der Waals surface area contributed by atoms with Crippen LogP contribution in [0.2, 0.25) is 0 Å². The molecule has 2 aliphatic rings. The van der Waals surface area contributed by atoms with Gasteiger partial charge in [-0.2, -0.15) is 0 Å². The Bertz CT molecular complexity index is 231. The second-order valence-electron chi connectivity index (χ2n) is 4.41. The van der Waals surface area contributed by atoms with E-state index in [0.29, 0.717) is 6.10 Å². The molecule has 0 aromatic carbocycles. The highest BCUT2D eigenvalue weighted by Crippen LogP contribution is 2.51. The fraction of sp³-hybridized carbons (Fsp3) is 0.909. The van der Waals surface area contributed by atoms with Crippen LogP contribution in [0.15, 0.2) is 5.16 Å². The molecule has 3 nitrogen and oxygen atoms in total. The predicted molar refractivity (Wildman–Crippen MR) is 54.8 cm³/mol. The van der Waals surface area contributed by atoms with E-state index in [1.54, 1.807) is 0 Å². The molecule has 14 heavy (non-hydrogen) atoms. The van der Waals surface area contributed by atoms with E-state index in [1.165, 1.54) is 19.3 Å². The van der Waals surface area contributed by atoms with E-state index in [-0.39, 0.29) is 5.41 Å². The van der Waals surface area contributed by atoms with E-state index >= 15 is 0 Å². The van der Waals surface area contributed by atoms with Gasteiger partial charge in [-0.1, -0.05) is 24.4 Å². The van der Waals surface area contributed by atoms with Crippen molar-refractivity contribution in [2.45, 2.75) is 51.6 Å². The normalized spacial score (nSPS) is 33.2. The topological polar surface area (TPSA) is 41.8 Å². The molecular formula is C11H19NO2. The van der Waals surface area contributed by atoms with Crippen molar-refractivity contribution in [3.63, 3.8) is 0 Å². The summed E-state index contributed by atoms with van der Waals surface area (Å²) in [6.07, 6.45) is 7.28. The molecule has 1 spiro atoms. The van der Waals surface area contributed by atoms with Crippen LogP contribution in [0.1, 0.15) is 45.4 Å². The molecule has 1 N–H and O–H groups in total. The minimum absolute atomic E-state index is 0.114. The van der Waals surface area contributed by atoms with Crippen LogP contribution in [-0.2, 0) is 4.74 Å². The average Bonchev–Trinajstić information content (AvgIpc) is 2.25. The Balaban J connectivity index is 2.09. The van der Waals surface area contributed by atoms with Crippen molar-refractivity contribution in [3.05, 3.63) is 0 Å². The van der Waals surface area contributed by atoms with Gasteiger partial charge in [-0.15, -0.1) is 0 Å². The molecule has 0 saturated heterocycles. The van der Waals surface area contributed by atoms with Crippen molar-refractivity contribution in [3.8, 4) is 0 Å². The summed E-state index contributed by atoms with van der Waals surface area (Å²) >= 11 is 0. The Labute approximate surface area is 85.1 Å². The first-order valence-electron chi connectivity index (χ1n) is 5.66. The zero-order valence-electron chi connectivity index (χ0n) is 8.83. The zero-order chi connectivity index (χ0) is 10.0. The summed E-state index contributed by atoms with van der Waals surface area (Å²) < 4.78 is 5.71. The molecule has 2 aliphatic carbocycles. The largest absolute Gasteiger partial charge is 0.411 e. The summed E-state index contributed by atoms with van der Waals surface area (Å²) in [4.78, 5) is 0. The van der Waals surface area contributed by atoms with Crippen molar-refractivity contribution >= 4 is 5.71 Å². The fourth-order valence-electron chi connectivity index (χ4n) is 2.98. The van der Waals surface area contributed by atoms with Gasteiger partial charge in [0.1, 0.15) is 0 Å². The Morgan fingerprint density at radius 3 is 2.71 bits per heavy atom. The Morgan fingerprint density at radius 1 is 1.43 bits per heavy atom. The van der Waals surface area contributed by atoms with Gasteiger partial charge in [-0.25, -0.2) is 0 Å². The molecule has 0 heterocycles. The molecule has 0 radical (unpaired) electrons. The van der Waals surface area contributed by atoms with Crippen LogP contribution < -0.4 is 0 Å². The molecule has 2 fully saturated rings. The summed E-state index contributed by atoms with van der Waals surface area (Å²) in [6, 6.07) is 0. The third-order valence-corrected chi connectivity index (χ3v) is 3.80. The molecule has 2 saturated carbocycles. The van der Waals surface area contributed by atoms with Crippen LogP contribution in [0.3, 0.4) is 0 Å². The van der Waals surface area contributed by atoms with E-state index < -0.39 is 0 Å². The molecule has 0 amide bonds. The molecule has 0 bridgehead atoms. The molecule has 2 rings (SSSR count). The molecule has 0 aromatic rings. The highest BCUT2D eigenvalue weighted by atomic mass is 16.5. The van der Waals surface area contributed by atoms with Crippen LogP contribution in [0.5, 0.6) is 0 Å². The van der Waals surface area contributed by atoms with E-state index in [2.05, 4.69) is 5.16 Å². The third-order valence-electron chi connectivity index (χ3n) is 3.80. The lowest BCUT2D eigenvalue weighted by atomic mass is 9.57. The number of rotatable bonds is 2. The number of nitrogens with zero attached hydrogens (tertiary/aromatic N) is 1. The Morgan fingerprint density at radius 2 is 2.14 bits per heavy atom. The highest BCUT2D eigenvalue weighted by Gasteiger charge is 2.53. The van der Waals surface area contributed by atoms with Crippen LogP contribution in [0, 0.1) is 5.41 Å². The smallest absolute Gasteiger partial charge is 0.0738 e. The van der Waals surface area contributed by atoms with Gasteiger partial charge in [0.25, 0.3) is 0 Å². The van der Waals surface area contributed by atoms with Crippen molar-refractivity contribution in [2.24, 2.45) is 10.6 Å². The standard InChI is InChI=1S/C11H19NO2/c1-2-14-10-8-9(12-13)11(10)6-4-3-5-7-11/h10,13H,2-8H2,1H3. The monoisotopic (exact) mass is 197 g/mol. The maximum atomic E-state index is 8.92. The van der Waals surface area contributed by atoms with Gasteiger partial charge < -0.3 is 9.94 Å². The lowest BCUT2D eigenvalue weighted by Crippen LogP contribution is -2.56. The van der Waals surface area contributed by atoms with Crippen molar-refractivity contribution in [1.29, 1.82) is 0 Å². The number of oxime groups is 1. The predicted octanol–water partition coefficient (Wildman–Crippen LogP) is 2.58. The van der Waals surface area contributed by atoms with Crippen LogP contribution in [-0.4, -0.2) is 23.6 Å². The molecule has 80 valence electrons. The maximum Gasteiger partial charge on any atom is 0.0738 e. The zero-order valence-corrected chi connectivity index (χ0v) is 8.83. The Kier molecular flexibility index (Phi) is 2.77. The van der Waals surface area contributed by atoms with Crippen LogP contribution >= 0.6 is 0 Å². The van der Waals surface area contributed by atoms with Gasteiger partial charge in [-0.3, -0.25) is 0 Å². The van der Waals surface area contributed by atoms with Crippen molar-refractivity contribution in [2.75, 3.05) is 6.61 Å². The second-order valence-corrected chi connectivity index (χ2v) is 4.41. The quantitative estimate of drug-likeness (QED) is 0.546. The third kappa shape index (κ3) is 1.34. The lowest BCUT2D eigenvalue weighted by molar-refractivity contribution is -0.0473. The molecule has 0 aromatic heterocycles. The highest BCUT2D eigenvalue weighted by molar-refractivity contribution is 5.96. The van der Waals surface area contributed by atoms with E-state index in [9.17, 15) is 0 Å². The summed E-state index contributed by atoms with van der Waals surface area (Å²) in [7, 11) is 0. The minimum atomic E-state index is 0.114. The lowest BCUT2D eigenvalue weighted by Gasteiger charge is -2.51. The van der Waals surface area contributed by atoms with Crippen molar-refractivity contribution < 1.29 is 9.94 Å². The molecular weight excluding hydrogens is 178 g/mol. The van der Waals surface area contributed by atoms with Crippen LogP contribution in [0.25, 0.3) is 0 Å². The first kappa shape index (κ1) is 9.97. The van der Waals surface area contributed by atoms with E-state index in [1.807, 2.05) is 6.92 Å². The average molecular weight is 197 g/mol. The van der Waals surface area contributed by atoms with Gasteiger partial charge in [0.15, 0.2) is 0 Å². The Hall–Kier alpha value is -0.570. The summed E-state index contributed by atoms with van der Waals surface area (Å²) in [5, 5.41) is 12.4. The van der Waals surface area contributed by atoms with Crippen molar-refractivity contribution in [1.82, 2.24) is 0 Å². The second kappa shape index (κ2) is 3.89. The fourth-order valence-corrected chi connectivity index (χ4v) is 2.98. The SMILES string of the molecule is CCOC1CC(=NO)C12CCCCC2. The first-order chi connectivity index (χ1) is 6.83. The van der Waals surface area contributed by atoms with E-state index in [4.69, 9.17) is 9.94 Å². The van der Waals surface area contributed by atoms with Gasteiger partial charge >= 0.3 is 0 Å². The van der Waals surface area contributed by atoms with Crippen LogP contribution in [0.4, 0.5) is 0 Å². The summed E-state index contributed by atoms with van der Waals surface area (Å²) in [6.45, 7) is 2.80.